The number of carbonyl (C=O) groups is 1. The lowest BCUT2D eigenvalue weighted by Gasteiger charge is -2.29. The lowest BCUT2D eigenvalue weighted by molar-refractivity contribution is 0.0472. The monoisotopic (exact) mass is 369 g/mol. The molecule has 0 heterocycles. The third kappa shape index (κ3) is 7.55. The molecule has 25 heavy (non-hydrogen) atoms. The maximum Gasteiger partial charge on any atom is 0.408 e. The van der Waals surface area contributed by atoms with Crippen LogP contribution in [0.4, 0.5) is 4.79 Å². The SMILES string of the molecule is CCCCc1cc(OC)c(CC(C)(C)NC(=O)OC(C)(C)C)cc1Cl. The second kappa shape index (κ2) is 8.79. The van der Waals surface area contributed by atoms with Crippen molar-refractivity contribution in [3.63, 3.8) is 0 Å². The van der Waals surface area contributed by atoms with E-state index in [1.165, 1.54) is 0 Å². The number of hydrogen-bond donors (Lipinski definition) is 1. The topological polar surface area (TPSA) is 47.6 Å². The van der Waals surface area contributed by atoms with Gasteiger partial charge in [-0.15, -0.1) is 0 Å². The minimum absolute atomic E-state index is 0.429. The lowest BCUT2D eigenvalue weighted by atomic mass is 9.93. The number of methoxy groups -OCH3 is 1. The van der Waals surface area contributed by atoms with Crippen molar-refractivity contribution in [2.24, 2.45) is 0 Å². The van der Waals surface area contributed by atoms with Gasteiger partial charge in [-0.05, 0) is 77.1 Å². The first-order chi connectivity index (χ1) is 11.5. The Hall–Kier alpha value is -1.42. The van der Waals surface area contributed by atoms with Gasteiger partial charge in [0.25, 0.3) is 0 Å². The Morgan fingerprint density at radius 3 is 2.32 bits per heavy atom. The maximum atomic E-state index is 12.1. The van der Waals surface area contributed by atoms with Gasteiger partial charge in [-0.1, -0.05) is 24.9 Å². The fraction of sp³-hybridized carbons (Fsp3) is 0.650. The number of alkyl carbamates (subject to hydrolysis) is 1. The van der Waals surface area contributed by atoms with E-state index < -0.39 is 17.2 Å². The van der Waals surface area contributed by atoms with Gasteiger partial charge in [-0.25, -0.2) is 4.79 Å². The van der Waals surface area contributed by atoms with Crippen molar-refractivity contribution in [2.45, 2.75) is 78.4 Å². The highest BCUT2D eigenvalue weighted by Crippen LogP contribution is 2.31. The fourth-order valence-corrected chi connectivity index (χ4v) is 2.90. The number of halogens is 1. The molecule has 0 aliphatic carbocycles. The van der Waals surface area contributed by atoms with Crippen LogP contribution >= 0.6 is 11.6 Å². The van der Waals surface area contributed by atoms with E-state index in [1.54, 1.807) is 7.11 Å². The number of nitrogens with one attached hydrogen (secondary N) is 1. The number of hydrogen-bond acceptors (Lipinski definition) is 3. The summed E-state index contributed by atoms with van der Waals surface area (Å²) in [5.74, 6) is 0.801. The van der Waals surface area contributed by atoms with E-state index in [0.29, 0.717) is 6.42 Å². The van der Waals surface area contributed by atoms with E-state index >= 15 is 0 Å². The highest BCUT2D eigenvalue weighted by atomic mass is 35.5. The first kappa shape index (κ1) is 21.6. The van der Waals surface area contributed by atoms with Crippen LogP contribution in [0.5, 0.6) is 5.75 Å². The Morgan fingerprint density at radius 2 is 1.80 bits per heavy atom. The highest BCUT2D eigenvalue weighted by molar-refractivity contribution is 6.31. The Bertz CT molecular complexity index is 591. The average molecular weight is 370 g/mol. The summed E-state index contributed by atoms with van der Waals surface area (Å²) in [5.41, 5.74) is 1.04. The van der Waals surface area contributed by atoms with Gasteiger partial charge in [0.05, 0.1) is 7.11 Å². The lowest BCUT2D eigenvalue weighted by Crippen LogP contribution is -2.47. The molecule has 1 aromatic carbocycles. The zero-order valence-corrected chi connectivity index (χ0v) is 17.3. The summed E-state index contributed by atoms with van der Waals surface area (Å²) >= 11 is 6.45. The molecule has 0 saturated carbocycles. The number of benzene rings is 1. The standard InChI is InChI=1S/C20H32ClNO3/c1-8-9-10-14-12-17(24-7)15(11-16(14)21)13-20(5,6)22-18(23)25-19(2,3)4/h11-12H,8-10,13H2,1-7H3,(H,22,23). The molecule has 142 valence electrons. The van der Waals surface area contributed by atoms with Crippen molar-refractivity contribution >= 4 is 17.7 Å². The van der Waals surface area contributed by atoms with Gasteiger partial charge < -0.3 is 14.8 Å². The minimum atomic E-state index is -0.526. The molecule has 5 heteroatoms. The average Bonchev–Trinajstić information content (AvgIpc) is 2.43. The van der Waals surface area contributed by atoms with E-state index in [1.807, 2.05) is 46.8 Å². The van der Waals surface area contributed by atoms with Crippen LogP contribution in [0.15, 0.2) is 12.1 Å². The van der Waals surface area contributed by atoms with Gasteiger partial charge in [-0.2, -0.15) is 0 Å². The van der Waals surface area contributed by atoms with Gasteiger partial charge in [0.15, 0.2) is 0 Å². The Balaban J connectivity index is 2.92. The van der Waals surface area contributed by atoms with Gasteiger partial charge in [-0.3, -0.25) is 0 Å². The zero-order chi connectivity index (χ0) is 19.3. The summed E-state index contributed by atoms with van der Waals surface area (Å²) in [6.07, 6.45) is 3.30. The molecule has 0 bridgehead atoms. The molecule has 0 fully saturated rings. The van der Waals surface area contributed by atoms with E-state index in [-0.39, 0.29) is 0 Å². The number of carbonyl (C=O) groups excluding carboxylic acids is 1. The quantitative estimate of drug-likeness (QED) is 0.686. The molecule has 0 aliphatic rings. The van der Waals surface area contributed by atoms with Crippen LogP contribution in [0.2, 0.25) is 5.02 Å². The van der Waals surface area contributed by atoms with Crippen LogP contribution in [0.3, 0.4) is 0 Å². The molecular weight excluding hydrogens is 338 g/mol. The Kier molecular flexibility index (Phi) is 7.61. The summed E-state index contributed by atoms with van der Waals surface area (Å²) in [7, 11) is 1.66. The van der Waals surface area contributed by atoms with E-state index in [2.05, 4.69) is 12.2 Å². The fourth-order valence-electron chi connectivity index (χ4n) is 2.62. The number of ether oxygens (including phenoxy) is 2. The second-order valence-corrected chi connectivity index (χ2v) is 8.45. The van der Waals surface area contributed by atoms with Gasteiger partial charge in [0.1, 0.15) is 11.4 Å². The number of unbranched alkanes of at least 4 members (excludes halogenated alkanes) is 1. The predicted molar refractivity (Wildman–Crippen MR) is 104 cm³/mol. The maximum absolute atomic E-state index is 12.1. The summed E-state index contributed by atoms with van der Waals surface area (Å²) in [6, 6.07) is 3.96. The molecule has 0 radical (unpaired) electrons. The Labute approximate surface area is 157 Å². The third-order valence-electron chi connectivity index (χ3n) is 3.72. The number of rotatable bonds is 7. The van der Waals surface area contributed by atoms with Crippen LogP contribution in [-0.4, -0.2) is 24.3 Å². The van der Waals surface area contributed by atoms with Crippen LogP contribution < -0.4 is 10.1 Å². The summed E-state index contributed by atoms with van der Waals surface area (Å²) in [4.78, 5) is 12.1. The normalized spacial score (nSPS) is 12.0. The summed E-state index contributed by atoms with van der Waals surface area (Å²) < 4.78 is 10.9. The second-order valence-electron chi connectivity index (χ2n) is 8.05. The van der Waals surface area contributed by atoms with Crippen molar-refractivity contribution < 1.29 is 14.3 Å². The van der Waals surface area contributed by atoms with Crippen molar-refractivity contribution in [2.75, 3.05) is 7.11 Å². The first-order valence-electron chi connectivity index (χ1n) is 8.84. The minimum Gasteiger partial charge on any atom is -0.496 e. The molecule has 1 N–H and O–H groups in total. The summed E-state index contributed by atoms with van der Waals surface area (Å²) in [5, 5.41) is 3.67. The first-order valence-corrected chi connectivity index (χ1v) is 9.21. The van der Waals surface area contributed by atoms with Crippen LogP contribution in [0, 0.1) is 0 Å². The molecule has 0 atom stereocenters. The molecule has 0 aromatic heterocycles. The van der Waals surface area contributed by atoms with Crippen LogP contribution in [0.25, 0.3) is 0 Å². The molecule has 0 saturated heterocycles. The molecular formula is C20H32ClNO3. The highest BCUT2D eigenvalue weighted by Gasteiger charge is 2.26. The molecule has 1 rings (SSSR count). The smallest absolute Gasteiger partial charge is 0.408 e. The van der Waals surface area contributed by atoms with Crippen molar-refractivity contribution in [1.29, 1.82) is 0 Å². The van der Waals surface area contributed by atoms with Crippen molar-refractivity contribution in [3.8, 4) is 5.75 Å². The summed E-state index contributed by atoms with van der Waals surface area (Å²) in [6.45, 7) is 11.6. The largest absolute Gasteiger partial charge is 0.496 e. The predicted octanol–water partition coefficient (Wildman–Crippen LogP) is 5.54. The van der Waals surface area contributed by atoms with Crippen molar-refractivity contribution in [3.05, 3.63) is 28.3 Å². The van der Waals surface area contributed by atoms with Gasteiger partial charge in [0.2, 0.25) is 0 Å². The van der Waals surface area contributed by atoms with Crippen molar-refractivity contribution in [1.82, 2.24) is 5.32 Å². The zero-order valence-electron chi connectivity index (χ0n) is 16.6. The third-order valence-corrected chi connectivity index (χ3v) is 4.07. The Morgan fingerprint density at radius 1 is 1.16 bits per heavy atom. The van der Waals surface area contributed by atoms with Crippen LogP contribution in [0.1, 0.15) is 65.5 Å². The molecule has 0 spiro atoms. The van der Waals surface area contributed by atoms with Crippen LogP contribution in [-0.2, 0) is 17.6 Å². The van der Waals surface area contributed by atoms with Gasteiger partial charge in [0, 0.05) is 10.6 Å². The molecule has 1 aromatic rings. The number of amides is 1. The molecule has 4 nitrogen and oxygen atoms in total. The van der Waals surface area contributed by atoms with E-state index in [9.17, 15) is 4.79 Å². The molecule has 1 amide bonds. The molecule has 0 aliphatic heterocycles. The van der Waals surface area contributed by atoms with Gasteiger partial charge >= 0.3 is 6.09 Å². The van der Waals surface area contributed by atoms with E-state index in [0.717, 1.165) is 41.2 Å². The van der Waals surface area contributed by atoms with E-state index in [4.69, 9.17) is 21.1 Å². The number of aryl methyl sites for hydroxylation is 1. The molecule has 0 unspecified atom stereocenters.